The van der Waals surface area contributed by atoms with Crippen molar-refractivity contribution >= 4 is 12.0 Å². The zero-order valence-corrected chi connectivity index (χ0v) is 34.8. The number of carbonyl (C=O) groups excluding carboxylic acids is 2. The van der Waals surface area contributed by atoms with E-state index in [4.69, 9.17) is 15.2 Å². The SMILES string of the molecule is CCCCCCCCCCCCCCCCCCOC(=O)N(CCCCCCCCCCCC)[C@@H]1O[C@H](CO)[C@@H](O)[C@H](O)[C@H]1NC(=O)[C@@H](N)CC(C)C. The second kappa shape index (κ2) is 32.8. The Kier molecular flexibility index (Phi) is 30.6. The molecule has 1 rings (SSSR count). The van der Waals surface area contributed by atoms with E-state index in [-0.39, 0.29) is 12.5 Å². The van der Waals surface area contributed by atoms with Crippen molar-refractivity contribution < 1.29 is 34.4 Å². The molecule has 6 atom stereocenters. The van der Waals surface area contributed by atoms with Gasteiger partial charge in [0.05, 0.1) is 19.3 Å². The van der Waals surface area contributed by atoms with Crippen LogP contribution in [0.4, 0.5) is 4.79 Å². The van der Waals surface area contributed by atoms with Crippen LogP contribution in [0.25, 0.3) is 0 Å². The van der Waals surface area contributed by atoms with Gasteiger partial charge in [0.1, 0.15) is 24.4 Å². The van der Waals surface area contributed by atoms with Gasteiger partial charge < -0.3 is 35.8 Å². The van der Waals surface area contributed by atoms with Crippen molar-refractivity contribution in [1.82, 2.24) is 10.2 Å². The summed E-state index contributed by atoms with van der Waals surface area (Å²) < 4.78 is 11.8. The molecule has 0 spiro atoms. The van der Waals surface area contributed by atoms with Crippen LogP contribution in [0.5, 0.6) is 0 Å². The summed E-state index contributed by atoms with van der Waals surface area (Å²) in [5.74, 6) is -0.317. The van der Waals surface area contributed by atoms with Crippen molar-refractivity contribution in [1.29, 1.82) is 0 Å². The van der Waals surface area contributed by atoms with Gasteiger partial charge in [-0.2, -0.15) is 0 Å². The Labute approximate surface area is 325 Å². The van der Waals surface area contributed by atoms with Crippen LogP contribution in [0.3, 0.4) is 0 Å². The number of nitrogens with zero attached hydrogens (tertiary/aromatic N) is 1. The molecule has 10 nitrogen and oxygen atoms in total. The molecule has 0 aromatic carbocycles. The molecule has 1 fully saturated rings. The lowest BCUT2D eigenvalue weighted by Crippen LogP contribution is -2.69. The molecular weight excluding hydrogens is 670 g/mol. The maximum Gasteiger partial charge on any atom is 0.411 e. The third kappa shape index (κ3) is 23.3. The number of carbonyl (C=O) groups is 2. The summed E-state index contributed by atoms with van der Waals surface area (Å²) in [5, 5.41) is 34.6. The summed E-state index contributed by atoms with van der Waals surface area (Å²) in [5.41, 5.74) is 6.16. The first kappa shape index (κ1) is 49.6. The smallest absolute Gasteiger partial charge is 0.411 e. The molecule has 0 saturated carbocycles. The Morgan fingerprint density at radius 1 is 0.679 bits per heavy atom. The number of hydrogen-bond acceptors (Lipinski definition) is 8. The van der Waals surface area contributed by atoms with Crippen molar-refractivity contribution in [2.75, 3.05) is 19.8 Å². The highest BCUT2D eigenvalue weighted by atomic mass is 16.6. The van der Waals surface area contributed by atoms with Crippen molar-refractivity contribution in [3.8, 4) is 0 Å². The van der Waals surface area contributed by atoms with Gasteiger partial charge in [-0.15, -0.1) is 0 Å². The summed E-state index contributed by atoms with van der Waals surface area (Å²) >= 11 is 0. The molecule has 0 aliphatic carbocycles. The van der Waals surface area contributed by atoms with Gasteiger partial charge in [-0.25, -0.2) is 4.79 Å². The fourth-order valence-electron chi connectivity index (χ4n) is 7.39. The molecule has 0 unspecified atom stereocenters. The average Bonchev–Trinajstić information content (AvgIpc) is 3.13. The highest BCUT2D eigenvalue weighted by Gasteiger charge is 2.48. The number of aliphatic hydroxyl groups is 3. The first-order chi connectivity index (χ1) is 25.7. The number of aliphatic hydroxyl groups excluding tert-OH is 3. The van der Waals surface area contributed by atoms with E-state index < -0.39 is 55.2 Å². The van der Waals surface area contributed by atoms with E-state index in [9.17, 15) is 24.9 Å². The Morgan fingerprint density at radius 2 is 1.09 bits per heavy atom. The molecule has 1 aliphatic heterocycles. The number of hydrogen-bond donors (Lipinski definition) is 5. The minimum atomic E-state index is -1.48. The number of amides is 2. The second-order valence-corrected chi connectivity index (χ2v) is 16.3. The topological polar surface area (TPSA) is 155 Å². The number of ether oxygens (including phenoxy) is 2. The van der Waals surface area contributed by atoms with Gasteiger partial charge in [0.25, 0.3) is 0 Å². The molecule has 53 heavy (non-hydrogen) atoms. The number of nitrogens with one attached hydrogen (secondary N) is 1. The quantitative estimate of drug-likeness (QED) is 0.0408. The Bertz CT molecular complexity index is 879. The predicted molar refractivity (Wildman–Crippen MR) is 217 cm³/mol. The lowest BCUT2D eigenvalue weighted by molar-refractivity contribution is -0.226. The minimum Gasteiger partial charge on any atom is -0.449 e. The highest BCUT2D eigenvalue weighted by molar-refractivity contribution is 5.82. The van der Waals surface area contributed by atoms with E-state index in [1.807, 2.05) is 13.8 Å². The van der Waals surface area contributed by atoms with E-state index in [0.29, 0.717) is 19.4 Å². The third-order valence-electron chi connectivity index (χ3n) is 10.8. The van der Waals surface area contributed by atoms with E-state index in [1.54, 1.807) is 0 Å². The lowest BCUT2D eigenvalue weighted by Gasteiger charge is -2.46. The number of rotatable bonds is 34. The van der Waals surface area contributed by atoms with Gasteiger partial charge in [0.15, 0.2) is 6.23 Å². The lowest BCUT2D eigenvalue weighted by atomic mass is 9.94. The zero-order chi connectivity index (χ0) is 39.1. The van der Waals surface area contributed by atoms with Crippen LogP contribution >= 0.6 is 0 Å². The Hall–Kier alpha value is -1.46. The highest BCUT2D eigenvalue weighted by Crippen LogP contribution is 2.26. The number of unbranched alkanes of at least 4 members (excludes halogenated alkanes) is 24. The average molecular weight is 756 g/mol. The van der Waals surface area contributed by atoms with Crippen molar-refractivity contribution in [2.45, 2.75) is 238 Å². The maximum atomic E-state index is 13.7. The first-order valence-electron chi connectivity index (χ1n) is 22.3. The van der Waals surface area contributed by atoms with Crippen LogP contribution in [0.15, 0.2) is 0 Å². The summed E-state index contributed by atoms with van der Waals surface area (Å²) in [6.07, 6.45) is 26.2. The molecule has 2 amide bonds. The normalized spacial score (nSPS) is 20.8. The van der Waals surface area contributed by atoms with Gasteiger partial charge in [-0.1, -0.05) is 182 Å². The van der Waals surface area contributed by atoms with Gasteiger partial charge in [0, 0.05) is 6.54 Å². The standard InChI is InChI=1S/C43H85N3O7/c1-5-7-9-11-13-15-17-18-19-20-21-22-24-26-28-30-32-52-43(51)46(31-29-27-25-23-16-14-12-10-8-6-2)42-38(40(49)39(48)37(34-47)53-42)45-41(50)36(44)33-35(3)4/h35-40,42,47-49H,5-34,44H2,1-4H3,(H,45,50)/t36-,37+,38+,39+,40+,42+/m0/s1. The molecule has 1 aliphatic rings. The molecule has 0 radical (unpaired) electrons. The first-order valence-corrected chi connectivity index (χ1v) is 22.3. The van der Waals surface area contributed by atoms with Crippen molar-refractivity contribution in [3.63, 3.8) is 0 Å². The number of nitrogens with two attached hydrogens (primary N) is 1. The van der Waals surface area contributed by atoms with Crippen LogP contribution in [0.1, 0.15) is 201 Å². The van der Waals surface area contributed by atoms with Crippen LogP contribution in [-0.4, -0.2) is 88.6 Å². The molecule has 10 heteroatoms. The third-order valence-corrected chi connectivity index (χ3v) is 10.8. The fraction of sp³-hybridized carbons (Fsp3) is 0.953. The predicted octanol–water partition coefficient (Wildman–Crippen LogP) is 8.90. The summed E-state index contributed by atoms with van der Waals surface area (Å²) in [6, 6.07) is -1.97. The minimum absolute atomic E-state index is 0.177. The van der Waals surface area contributed by atoms with Crippen molar-refractivity contribution in [3.05, 3.63) is 0 Å². The van der Waals surface area contributed by atoms with Crippen LogP contribution in [-0.2, 0) is 14.3 Å². The summed E-state index contributed by atoms with van der Waals surface area (Å²) in [4.78, 5) is 28.2. The second-order valence-electron chi connectivity index (χ2n) is 16.3. The Balaban J connectivity index is 2.65. The monoisotopic (exact) mass is 756 g/mol. The summed E-state index contributed by atoms with van der Waals surface area (Å²) in [6.45, 7) is 8.43. The molecular formula is C43H85N3O7. The van der Waals surface area contributed by atoms with Crippen LogP contribution < -0.4 is 11.1 Å². The summed E-state index contributed by atoms with van der Waals surface area (Å²) in [7, 11) is 0. The van der Waals surface area contributed by atoms with Crippen LogP contribution in [0.2, 0.25) is 0 Å². The largest absolute Gasteiger partial charge is 0.449 e. The molecule has 0 aromatic heterocycles. The molecule has 1 saturated heterocycles. The van der Waals surface area contributed by atoms with E-state index in [1.165, 1.54) is 127 Å². The molecule has 6 N–H and O–H groups in total. The van der Waals surface area contributed by atoms with Gasteiger partial charge in [-0.3, -0.25) is 9.69 Å². The molecule has 314 valence electrons. The van der Waals surface area contributed by atoms with Gasteiger partial charge >= 0.3 is 6.09 Å². The fourth-order valence-corrected chi connectivity index (χ4v) is 7.39. The molecule has 0 bridgehead atoms. The van der Waals surface area contributed by atoms with Crippen molar-refractivity contribution in [2.24, 2.45) is 11.7 Å². The van der Waals surface area contributed by atoms with Gasteiger partial charge in [0.2, 0.25) is 5.91 Å². The van der Waals surface area contributed by atoms with E-state index in [0.717, 1.165) is 38.5 Å². The maximum absolute atomic E-state index is 13.7. The van der Waals surface area contributed by atoms with E-state index >= 15 is 0 Å². The Morgan fingerprint density at radius 3 is 1.51 bits per heavy atom. The van der Waals surface area contributed by atoms with Crippen LogP contribution in [0, 0.1) is 5.92 Å². The van der Waals surface area contributed by atoms with E-state index in [2.05, 4.69) is 19.2 Å². The molecule has 1 heterocycles. The van der Waals surface area contributed by atoms with Gasteiger partial charge in [-0.05, 0) is 25.2 Å². The zero-order valence-electron chi connectivity index (χ0n) is 34.8. The molecule has 0 aromatic rings.